The van der Waals surface area contributed by atoms with Gasteiger partial charge in [-0.05, 0) is 51.0 Å². The molecule has 0 spiro atoms. The van der Waals surface area contributed by atoms with Crippen molar-refractivity contribution in [1.29, 1.82) is 0 Å². The molecule has 3 rings (SSSR count). The first-order valence-electron chi connectivity index (χ1n) is 9.51. The van der Waals surface area contributed by atoms with Crippen molar-refractivity contribution >= 4 is 11.0 Å². The first-order valence-corrected chi connectivity index (χ1v) is 9.51. The van der Waals surface area contributed by atoms with Crippen LogP contribution in [0.5, 0.6) is 0 Å². The molecule has 1 aliphatic carbocycles. The van der Waals surface area contributed by atoms with Crippen LogP contribution in [0.15, 0.2) is 24.3 Å². The third kappa shape index (κ3) is 3.77. The van der Waals surface area contributed by atoms with Gasteiger partial charge in [-0.15, -0.1) is 0 Å². The predicted octanol–water partition coefficient (Wildman–Crippen LogP) is 4.82. The maximum absolute atomic E-state index is 5.02. The number of aromatic nitrogens is 2. The topological polar surface area (TPSA) is 21.1 Å². The Labute approximate surface area is 140 Å². The molecule has 23 heavy (non-hydrogen) atoms. The van der Waals surface area contributed by atoms with E-state index in [0.717, 1.165) is 19.6 Å². The molecule has 0 amide bonds. The standard InChI is InChI=1S/C20H31N3/c1-3-22(4-2)15-10-16-23-19-14-9-8-13-18(19)21-20(23)17-11-6-5-7-12-17/h8-9,13-14,17H,3-7,10-12,15-16H2,1-2H3. The molecular weight excluding hydrogens is 282 g/mol. The molecule has 3 heteroatoms. The molecule has 1 fully saturated rings. The lowest BCUT2D eigenvalue weighted by Crippen LogP contribution is -2.25. The molecule has 126 valence electrons. The molecule has 0 aliphatic heterocycles. The SMILES string of the molecule is CCN(CC)CCCn1c(C2CCCCC2)nc2ccccc21. The van der Waals surface area contributed by atoms with E-state index in [1.54, 1.807) is 0 Å². The second-order valence-corrected chi connectivity index (χ2v) is 6.83. The number of hydrogen-bond acceptors (Lipinski definition) is 2. The smallest absolute Gasteiger partial charge is 0.112 e. The Morgan fingerprint density at radius 2 is 1.83 bits per heavy atom. The van der Waals surface area contributed by atoms with E-state index >= 15 is 0 Å². The van der Waals surface area contributed by atoms with Crippen LogP contribution in [0.4, 0.5) is 0 Å². The molecule has 0 unspecified atom stereocenters. The van der Waals surface area contributed by atoms with Crippen LogP contribution in [0, 0.1) is 0 Å². The molecule has 1 heterocycles. The normalized spacial score (nSPS) is 16.5. The molecule has 2 aromatic rings. The van der Waals surface area contributed by atoms with Gasteiger partial charge >= 0.3 is 0 Å². The van der Waals surface area contributed by atoms with Crippen LogP contribution in [-0.2, 0) is 6.54 Å². The van der Waals surface area contributed by atoms with Crippen molar-refractivity contribution in [3.8, 4) is 0 Å². The first kappa shape index (κ1) is 16.5. The average molecular weight is 313 g/mol. The Bertz CT molecular complexity index is 606. The van der Waals surface area contributed by atoms with E-state index < -0.39 is 0 Å². The van der Waals surface area contributed by atoms with E-state index in [9.17, 15) is 0 Å². The highest BCUT2D eigenvalue weighted by Gasteiger charge is 2.22. The summed E-state index contributed by atoms with van der Waals surface area (Å²) < 4.78 is 2.52. The van der Waals surface area contributed by atoms with E-state index in [1.807, 2.05) is 0 Å². The molecule has 0 N–H and O–H groups in total. The highest BCUT2D eigenvalue weighted by atomic mass is 15.1. The predicted molar refractivity (Wildman–Crippen MR) is 98.0 cm³/mol. The van der Waals surface area contributed by atoms with Gasteiger partial charge in [0.2, 0.25) is 0 Å². The van der Waals surface area contributed by atoms with Gasteiger partial charge in [-0.2, -0.15) is 0 Å². The van der Waals surface area contributed by atoms with Crippen molar-refractivity contribution in [1.82, 2.24) is 14.5 Å². The molecule has 0 saturated heterocycles. The Morgan fingerprint density at radius 1 is 1.09 bits per heavy atom. The molecule has 1 aromatic carbocycles. The van der Waals surface area contributed by atoms with Gasteiger partial charge in [0.15, 0.2) is 0 Å². The fourth-order valence-corrected chi connectivity index (χ4v) is 3.99. The fraction of sp³-hybridized carbons (Fsp3) is 0.650. The van der Waals surface area contributed by atoms with Gasteiger partial charge in [-0.3, -0.25) is 0 Å². The second kappa shape index (κ2) is 7.96. The molecule has 1 aromatic heterocycles. The van der Waals surface area contributed by atoms with Crippen LogP contribution >= 0.6 is 0 Å². The first-order chi connectivity index (χ1) is 11.3. The van der Waals surface area contributed by atoms with Crippen LogP contribution in [0.25, 0.3) is 11.0 Å². The Hall–Kier alpha value is -1.35. The van der Waals surface area contributed by atoms with E-state index in [4.69, 9.17) is 4.98 Å². The van der Waals surface area contributed by atoms with E-state index in [-0.39, 0.29) is 0 Å². The van der Waals surface area contributed by atoms with Gasteiger partial charge in [0.25, 0.3) is 0 Å². The Kier molecular flexibility index (Phi) is 5.71. The molecule has 0 radical (unpaired) electrons. The van der Waals surface area contributed by atoms with Crippen molar-refractivity contribution in [3.63, 3.8) is 0 Å². The number of imidazole rings is 1. The Balaban J connectivity index is 1.81. The summed E-state index contributed by atoms with van der Waals surface area (Å²) in [5, 5.41) is 0. The van der Waals surface area contributed by atoms with Gasteiger partial charge in [0.1, 0.15) is 5.82 Å². The lowest BCUT2D eigenvalue weighted by molar-refractivity contribution is 0.292. The van der Waals surface area contributed by atoms with E-state index in [1.165, 1.54) is 61.9 Å². The molecule has 0 atom stereocenters. The number of hydrogen-bond donors (Lipinski definition) is 0. The summed E-state index contributed by atoms with van der Waals surface area (Å²) in [5.41, 5.74) is 2.50. The minimum atomic E-state index is 0.671. The number of fused-ring (bicyclic) bond motifs is 1. The van der Waals surface area contributed by atoms with Gasteiger partial charge < -0.3 is 9.47 Å². The van der Waals surface area contributed by atoms with Crippen molar-refractivity contribution in [3.05, 3.63) is 30.1 Å². The lowest BCUT2D eigenvalue weighted by Gasteiger charge is -2.23. The highest BCUT2D eigenvalue weighted by Crippen LogP contribution is 2.34. The lowest BCUT2D eigenvalue weighted by atomic mass is 9.88. The third-order valence-electron chi connectivity index (χ3n) is 5.40. The fourth-order valence-electron chi connectivity index (χ4n) is 3.99. The maximum Gasteiger partial charge on any atom is 0.112 e. The number of aryl methyl sites for hydroxylation is 1. The number of benzene rings is 1. The van der Waals surface area contributed by atoms with Gasteiger partial charge in [0.05, 0.1) is 11.0 Å². The summed E-state index contributed by atoms with van der Waals surface area (Å²) in [7, 11) is 0. The van der Waals surface area contributed by atoms with Crippen LogP contribution in [0.2, 0.25) is 0 Å². The summed E-state index contributed by atoms with van der Waals surface area (Å²) in [6.07, 6.45) is 7.99. The highest BCUT2D eigenvalue weighted by molar-refractivity contribution is 5.76. The number of rotatable bonds is 7. The van der Waals surface area contributed by atoms with Crippen LogP contribution in [0.1, 0.15) is 64.1 Å². The Morgan fingerprint density at radius 3 is 2.57 bits per heavy atom. The van der Waals surface area contributed by atoms with Gasteiger partial charge in [-0.1, -0.05) is 45.2 Å². The monoisotopic (exact) mass is 313 g/mol. The molecule has 0 bridgehead atoms. The molecular formula is C20H31N3. The van der Waals surface area contributed by atoms with Crippen molar-refractivity contribution in [2.75, 3.05) is 19.6 Å². The van der Waals surface area contributed by atoms with Crippen molar-refractivity contribution in [2.24, 2.45) is 0 Å². The summed E-state index contributed by atoms with van der Waals surface area (Å²) in [5.74, 6) is 2.02. The van der Waals surface area contributed by atoms with Gasteiger partial charge in [0, 0.05) is 12.5 Å². The minimum Gasteiger partial charge on any atom is -0.328 e. The van der Waals surface area contributed by atoms with Crippen LogP contribution < -0.4 is 0 Å². The minimum absolute atomic E-state index is 0.671. The zero-order chi connectivity index (χ0) is 16.1. The van der Waals surface area contributed by atoms with Gasteiger partial charge in [-0.25, -0.2) is 4.98 Å². The summed E-state index contributed by atoms with van der Waals surface area (Å²) in [6.45, 7) is 9.09. The van der Waals surface area contributed by atoms with E-state index in [0.29, 0.717) is 5.92 Å². The number of nitrogens with zero attached hydrogens (tertiary/aromatic N) is 3. The summed E-state index contributed by atoms with van der Waals surface area (Å²) in [4.78, 5) is 7.54. The molecule has 3 nitrogen and oxygen atoms in total. The summed E-state index contributed by atoms with van der Waals surface area (Å²) in [6, 6.07) is 8.67. The zero-order valence-electron chi connectivity index (χ0n) is 14.8. The van der Waals surface area contributed by atoms with Crippen molar-refractivity contribution < 1.29 is 0 Å². The molecule has 1 aliphatic rings. The second-order valence-electron chi connectivity index (χ2n) is 6.83. The quantitative estimate of drug-likeness (QED) is 0.731. The summed E-state index contributed by atoms with van der Waals surface area (Å²) >= 11 is 0. The van der Waals surface area contributed by atoms with Crippen LogP contribution in [-0.4, -0.2) is 34.1 Å². The molecule has 1 saturated carbocycles. The maximum atomic E-state index is 5.02. The largest absolute Gasteiger partial charge is 0.328 e. The zero-order valence-corrected chi connectivity index (χ0v) is 14.8. The third-order valence-corrected chi connectivity index (χ3v) is 5.40. The average Bonchev–Trinajstić information content (AvgIpc) is 2.98. The number of para-hydroxylation sites is 2. The van der Waals surface area contributed by atoms with Crippen molar-refractivity contribution in [2.45, 2.75) is 64.8 Å². The van der Waals surface area contributed by atoms with E-state index in [2.05, 4.69) is 47.6 Å². The van der Waals surface area contributed by atoms with Crippen LogP contribution in [0.3, 0.4) is 0 Å².